The first-order valence-electron chi connectivity index (χ1n) is 8.35. The molecule has 1 N–H and O–H groups in total. The average molecular weight is 400 g/mol. The molecule has 0 aliphatic carbocycles. The summed E-state index contributed by atoms with van der Waals surface area (Å²) >= 11 is 1.17. The number of hydrogen-bond acceptors (Lipinski definition) is 6. The second kappa shape index (κ2) is 7.09. The molecule has 27 heavy (non-hydrogen) atoms. The lowest BCUT2D eigenvalue weighted by Gasteiger charge is -2.15. The smallest absolute Gasteiger partial charge is 0.263 e. The number of carbonyl (C=O) groups excluding carboxylic acids is 1. The van der Waals surface area contributed by atoms with Gasteiger partial charge in [-0.25, -0.2) is 8.42 Å². The number of hydrogen-bond donors (Lipinski definition) is 1. The minimum atomic E-state index is -3.78. The Hall–Kier alpha value is -2.78. The summed E-state index contributed by atoms with van der Waals surface area (Å²) in [4.78, 5) is 13.6. The van der Waals surface area contributed by atoms with Gasteiger partial charge in [-0.3, -0.25) is 9.52 Å². The molecule has 1 saturated heterocycles. The third-order valence-electron chi connectivity index (χ3n) is 4.20. The second-order valence-corrected chi connectivity index (χ2v) is 8.69. The summed E-state index contributed by atoms with van der Waals surface area (Å²) in [6.45, 7) is 0.663. The lowest BCUT2D eigenvalue weighted by Crippen LogP contribution is -2.23. The normalized spacial score (nSPS) is 14.5. The predicted octanol–water partition coefficient (Wildman–Crippen LogP) is 3.13. The quantitative estimate of drug-likeness (QED) is 0.710. The van der Waals surface area contributed by atoms with E-state index < -0.39 is 10.0 Å². The molecule has 9 heteroatoms. The molecule has 0 saturated carbocycles. The summed E-state index contributed by atoms with van der Waals surface area (Å²) in [6, 6.07) is 15.7. The van der Waals surface area contributed by atoms with Crippen LogP contribution < -0.4 is 9.62 Å². The van der Waals surface area contributed by atoms with Crippen LogP contribution in [0.2, 0.25) is 0 Å². The number of anilines is 2. The molecule has 1 aromatic heterocycles. The van der Waals surface area contributed by atoms with Crippen LogP contribution in [-0.2, 0) is 14.8 Å². The highest BCUT2D eigenvalue weighted by Crippen LogP contribution is 2.28. The van der Waals surface area contributed by atoms with Gasteiger partial charge in [0.1, 0.15) is 5.01 Å². The minimum Gasteiger partial charge on any atom is -0.312 e. The van der Waals surface area contributed by atoms with Crippen LogP contribution in [0.5, 0.6) is 0 Å². The lowest BCUT2D eigenvalue weighted by molar-refractivity contribution is -0.117. The molecule has 1 amide bonds. The van der Waals surface area contributed by atoms with Crippen LogP contribution in [0, 0.1) is 0 Å². The molecule has 138 valence electrons. The molecule has 1 aliphatic heterocycles. The third kappa shape index (κ3) is 3.69. The Morgan fingerprint density at radius 3 is 2.41 bits per heavy atom. The van der Waals surface area contributed by atoms with E-state index in [-0.39, 0.29) is 15.9 Å². The first-order chi connectivity index (χ1) is 13.0. The molecule has 2 aromatic carbocycles. The van der Waals surface area contributed by atoms with Gasteiger partial charge in [0.05, 0.1) is 4.90 Å². The molecule has 1 aliphatic rings. The third-order valence-corrected chi connectivity index (χ3v) is 6.57. The van der Waals surface area contributed by atoms with Crippen LogP contribution in [0.4, 0.5) is 10.8 Å². The van der Waals surface area contributed by atoms with Crippen LogP contribution in [0.25, 0.3) is 10.6 Å². The Labute approximate surface area is 160 Å². The lowest BCUT2D eigenvalue weighted by atomic mass is 10.2. The Balaban J connectivity index is 1.52. The average Bonchev–Trinajstić information content (AvgIpc) is 3.31. The van der Waals surface area contributed by atoms with E-state index in [1.807, 2.05) is 30.3 Å². The number of aromatic nitrogens is 2. The van der Waals surface area contributed by atoms with Crippen molar-refractivity contribution < 1.29 is 13.2 Å². The van der Waals surface area contributed by atoms with Crippen LogP contribution >= 0.6 is 11.3 Å². The highest BCUT2D eigenvalue weighted by molar-refractivity contribution is 7.93. The Kier molecular flexibility index (Phi) is 4.63. The van der Waals surface area contributed by atoms with Gasteiger partial charge >= 0.3 is 0 Å². The van der Waals surface area contributed by atoms with E-state index in [1.165, 1.54) is 23.5 Å². The highest BCUT2D eigenvalue weighted by Gasteiger charge is 2.23. The maximum Gasteiger partial charge on any atom is 0.263 e. The summed E-state index contributed by atoms with van der Waals surface area (Å²) in [6.07, 6.45) is 1.35. The minimum absolute atomic E-state index is 0.0611. The number of nitrogens with one attached hydrogen (secondary N) is 1. The zero-order chi connectivity index (χ0) is 18.9. The van der Waals surface area contributed by atoms with Crippen molar-refractivity contribution in [3.05, 3.63) is 54.6 Å². The van der Waals surface area contributed by atoms with Crippen molar-refractivity contribution in [3.8, 4) is 10.6 Å². The molecular weight excluding hydrogens is 384 g/mol. The van der Waals surface area contributed by atoms with Crippen molar-refractivity contribution in [2.75, 3.05) is 16.2 Å². The fraction of sp³-hybridized carbons (Fsp3) is 0.167. The monoisotopic (exact) mass is 400 g/mol. The largest absolute Gasteiger partial charge is 0.312 e. The van der Waals surface area contributed by atoms with Crippen molar-refractivity contribution in [2.24, 2.45) is 0 Å². The van der Waals surface area contributed by atoms with Crippen molar-refractivity contribution >= 4 is 38.1 Å². The molecular formula is C18H16N4O3S2. The molecule has 4 rings (SSSR count). The fourth-order valence-electron chi connectivity index (χ4n) is 2.86. The molecule has 2 heterocycles. The second-order valence-electron chi connectivity index (χ2n) is 6.03. The van der Waals surface area contributed by atoms with E-state index in [0.717, 1.165) is 12.0 Å². The van der Waals surface area contributed by atoms with Gasteiger partial charge in [0, 0.05) is 24.2 Å². The molecule has 0 radical (unpaired) electrons. The van der Waals surface area contributed by atoms with Gasteiger partial charge in [-0.15, -0.1) is 10.2 Å². The van der Waals surface area contributed by atoms with E-state index in [0.29, 0.717) is 23.7 Å². The number of rotatable bonds is 5. The maximum atomic E-state index is 12.6. The SMILES string of the molecule is O=C1CCCN1c1ccc(S(=O)(=O)Nc2nnc(-c3ccccc3)s2)cc1. The summed E-state index contributed by atoms with van der Waals surface area (Å²) < 4.78 is 27.6. The van der Waals surface area contributed by atoms with E-state index in [1.54, 1.807) is 17.0 Å². The summed E-state index contributed by atoms with van der Waals surface area (Å²) in [5.41, 5.74) is 1.58. The van der Waals surface area contributed by atoms with Crippen molar-refractivity contribution in [2.45, 2.75) is 17.7 Å². The molecule has 0 spiro atoms. The summed E-state index contributed by atoms with van der Waals surface area (Å²) in [5, 5.41) is 8.79. The zero-order valence-corrected chi connectivity index (χ0v) is 15.8. The van der Waals surface area contributed by atoms with Crippen LogP contribution in [0.1, 0.15) is 12.8 Å². The topological polar surface area (TPSA) is 92.3 Å². The summed E-state index contributed by atoms with van der Waals surface area (Å²) in [7, 11) is -3.78. The van der Waals surface area contributed by atoms with Gasteiger partial charge in [0.25, 0.3) is 10.0 Å². The van der Waals surface area contributed by atoms with Gasteiger partial charge < -0.3 is 4.90 Å². The Bertz CT molecular complexity index is 1060. The Morgan fingerprint density at radius 2 is 1.74 bits per heavy atom. The molecule has 7 nitrogen and oxygen atoms in total. The van der Waals surface area contributed by atoms with Gasteiger partial charge in [0.2, 0.25) is 11.0 Å². The maximum absolute atomic E-state index is 12.6. The van der Waals surface area contributed by atoms with Gasteiger partial charge in [-0.05, 0) is 30.7 Å². The number of amides is 1. The number of carbonyl (C=O) groups is 1. The summed E-state index contributed by atoms with van der Waals surface area (Å²) in [5.74, 6) is 0.0611. The van der Waals surface area contributed by atoms with Gasteiger partial charge in [-0.2, -0.15) is 0 Å². The number of sulfonamides is 1. The van der Waals surface area contributed by atoms with E-state index in [4.69, 9.17) is 0 Å². The van der Waals surface area contributed by atoms with Crippen molar-refractivity contribution in [1.29, 1.82) is 0 Å². The highest BCUT2D eigenvalue weighted by atomic mass is 32.2. The predicted molar refractivity (Wildman–Crippen MR) is 104 cm³/mol. The van der Waals surface area contributed by atoms with Crippen LogP contribution in [-0.4, -0.2) is 31.1 Å². The zero-order valence-electron chi connectivity index (χ0n) is 14.2. The first kappa shape index (κ1) is 17.6. The van der Waals surface area contributed by atoms with E-state index in [2.05, 4.69) is 14.9 Å². The molecule has 0 unspecified atom stereocenters. The van der Waals surface area contributed by atoms with Crippen LogP contribution in [0.15, 0.2) is 59.5 Å². The van der Waals surface area contributed by atoms with Crippen LogP contribution in [0.3, 0.4) is 0 Å². The molecule has 1 fully saturated rings. The number of nitrogens with zero attached hydrogens (tertiary/aromatic N) is 3. The number of benzene rings is 2. The molecule has 3 aromatic rings. The fourth-order valence-corrected chi connectivity index (χ4v) is 4.84. The molecule has 0 bridgehead atoms. The van der Waals surface area contributed by atoms with Gasteiger partial charge in [0.15, 0.2) is 0 Å². The van der Waals surface area contributed by atoms with Gasteiger partial charge in [-0.1, -0.05) is 41.7 Å². The first-order valence-corrected chi connectivity index (χ1v) is 10.6. The van der Waals surface area contributed by atoms with E-state index in [9.17, 15) is 13.2 Å². The van der Waals surface area contributed by atoms with Crippen molar-refractivity contribution in [1.82, 2.24) is 10.2 Å². The standard InChI is InChI=1S/C18H16N4O3S2/c23-16-7-4-12-22(16)14-8-10-15(11-9-14)27(24,25)21-18-20-19-17(26-18)13-5-2-1-3-6-13/h1-3,5-6,8-11H,4,7,12H2,(H,20,21). The van der Waals surface area contributed by atoms with E-state index >= 15 is 0 Å². The Morgan fingerprint density at radius 1 is 1.00 bits per heavy atom. The molecule has 0 atom stereocenters. The van der Waals surface area contributed by atoms with Crippen molar-refractivity contribution in [3.63, 3.8) is 0 Å².